The zero-order chi connectivity index (χ0) is 13.7. The fraction of sp³-hybridized carbons (Fsp3) is 0.467. The fourth-order valence-corrected chi connectivity index (χ4v) is 2.13. The van der Waals surface area contributed by atoms with Crippen molar-refractivity contribution in [3.05, 3.63) is 29.8 Å². The summed E-state index contributed by atoms with van der Waals surface area (Å²) >= 11 is 0. The van der Waals surface area contributed by atoms with Gasteiger partial charge in [-0.05, 0) is 25.1 Å². The highest BCUT2D eigenvalue weighted by Gasteiger charge is 2.15. The van der Waals surface area contributed by atoms with Crippen LogP contribution in [-0.2, 0) is 4.74 Å². The summed E-state index contributed by atoms with van der Waals surface area (Å²) in [7, 11) is 3.33. The maximum atomic E-state index is 5.51. The topological polar surface area (TPSA) is 39.7 Å². The van der Waals surface area contributed by atoms with Crippen molar-refractivity contribution >= 4 is 6.08 Å². The van der Waals surface area contributed by atoms with E-state index in [1.807, 2.05) is 24.3 Å². The van der Waals surface area contributed by atoms with Crippen LogP contribution in [0.5, 0.6) is 11.5 Å². The van der Waals surface area contributed by atoms with Crippen LogP contribution in [0, 0.1) is 0 Å². The molecule has 2 atom stereocenters. The van der Waals surface area contributed by atoms with Crippen LogP contribution in [0.4, 0.5) is 0 Å². The molecule has 2 rings (SSSR count). The molecule has 2 unspecified atom stereocenters. The van der Waals surface area contributed by atoms with E-state index in [4.69, 9.17) is 14.2 Å². The van der Waals surface area contributed by atoms with Crippen LogP contribution < -0.4 is 14.8 Å². The molecule has 0 amide bonds. The normalized spacial score (nSPS) is 23.5. The smallest absolute Gasteiger partial charge is 0.126 e. The number of benzene rings is 1. The summed E-state index contributed by atoms with van der Waals surface area (Å²) in [6, 6.07) is 6.38. The third kappa shape index (κ3) is 3.72. The molecule has 1 fully saturated rings. The molecule has 0 radical (unpaired) electrons. The molecule has 4 nitrogen and oxygen atoms in total. The Morgan fingerprint density at radius 3 is 2.79 bits per heavy atom. The van der Waals surface area contributed by atoms with Gasteiger partial charge in [0.15, 0.2) is 0 Å². The molecule has 0 aromatic heterocycles. The molecule has 4 heteroatoms. The Morgan fingerprint density at radius 2 is 2.11 bits per heavy atom. The van der Waals surface area contributed by atoms with Crippen molar-refractivity contribution < 1.29 is 14.2 Å². The second kappa shape index (κ2) is 6.59. The van der Waals surface area contributed by atoms with Crippen LogP contribution in [0.25, 0.3) is 6.08 Å². The Kier molecular flexibility index (Phi) is 4.82. The highest BCUT2D eigenvalue weighted by molar-refractivity contribution is 5.60. The largest absolute Gasteiger partial charge is 0.497 e. The molecule has 1 aromatic rings. The standard InChI is InChI=1S/C15H21NO3/c1-11-9-19-10-13(16-11)5-4-12-8-14(17-2)6-7-15(12)18-3/h4-8,11,13,16H,9-10H2,1-3H3/b5-4+. The molecule has 1 N–H and O–H groups in total. The lowest BCUT2D eigenvalue weighted by Gasteiger charge is -2.26. The van der Waals surface area contributed by atoms with Crippen molar-refractivity contribution in [3.63, 3.8) is 0 Å². The molecule has 1 aromatic carbocycles. The van der Waals surface area contributed by atoms with Crippen molar-refractivity contribution in [2.75, 3.05) is 27.4 Å². The summed E-state index contributed by atoms with van der Waals surface area (Å²) in [5.41, 5.74) is 1.00. The van der Waals surface area contributed by atoms with Gasteiger partial charge in [-0.3, -0.25) is 0 Å². The lowest BCUT2D eigenvalue weighted by molar-refractivity contribution is 0.0637. The van der Waals surface area contributed by atoms with E-state index < -0.39 is 0 Å². The van der Waals surface area contributed by atoms with E-state index in [0.29, 0.717) is 12.6 Å². The Balaban J connectivity index is 2.12. The van der Waals surface area contributed by atoms with Crippen molar-refractivity contribution in [3.8, 4) is 11.5 Å². The quantitative estimate of drug-likeness (QED) is 0.903. The van der Waals surface area contributed by atoms with Gasteiger partial charge in [0.1, 0.15) is 11.5 Å². The van der Waals surface area contributed by atoms with Crippen molar-refractivity contribution in [2.45, 2.75) is 19.0 Å². The van der Waals surface area contributed by atoms with Crippen molar-refractivity contribution in [2.24, 2.45) is 0 Å². The van der Waals surface area contributed by atoms with E-state index >= 15 is 0 Å². The molecular formula is C15H21NO3. The van der Waals surface area contributed by atoms with Crippen LogP contribution in [0.15, 0.2) is 24.3 Å². The molecule has 0 spiro atoms. The van der Waals surface area contributed by atoms with Crippen LogP contribution in [0.2, 0.25) is 0 Å². The minimum absolute atomic E-state index is 0.236. The predicted octanol–water partition coefficient (Wildman–Crippen LogP) is 2.09. The van der Waals surface area contributed by atoms with Crippen LogP contribution in [-0.4, -0.2) is 39.5 Å². The number of methoxy groups -OCH3 is 2. The second-order valence-corrected chi connectivity index (χ2v) is 4.68. The average molecular weight is 263 g/mol. The summed E-state index contributed by atoms with van der Waals surface area (Å²) in [6.45, 7) is 3.59. The summed E-state index contributed by atoms with van der Waals surface area (Å²) in [4.78, 5) is 0. The zero-order valence-electron chi connectivity index (χ0n) is 11.7. The molecule has 1 aliphatic rings. The van der Waals surface area contributed by atoms with Gasteiger partial charge in [-0.15, -0.1) is 0 Å². The zero-order valence-corrected chi connectivity index (χ0v) is 11.7. The maximum Gasteiger partial charge on any atom is 0.126 e. The predicted molar refractivity (Wildman–Crippen MR) is 75.8 cm³/mol. The molecule has 0 saturated carbocycles. The van der Waals surface area contributed by atoms with Gasteiger partial charge in [-0.2, -0.15) is 0 Å². The van der Waals surface area contributed by atoms with Crippen LogP contribution in [0.1, 0.15) is 12.5 Å². The van der Waals surface area contributed by atoms with Crippen LogP contribution in [0.3, 0.4) is 0 Å². The van der Waals surface area contributed by atoms with E-state index in [2.05, 4.69) is 18.3 Å². The SMILES string of the molecule is COc1ccc(OC)c(/C=C/C2COCC(C)N2)c1. The first-order valence-electron chi connectivity index (χ1n) is 6.47. The first-order chi connectivity index (χ1) is 9.22. The van der Waals surface area contributed by atoms with Gasteiger partial charge in [0.05, 0.1) is 27.4 Å². The van der Waals surface area contributed by atoms with E-state index in [0.717, 1.165) is 23.7 Å². The molecule has 1 saturated heterocycles. The molecule has 104 valence electrons. The van der Waals surface area contributed by atoms with Crippen molar-refractivity contribution in [1.29, 1.82) is 0 Å². The first kappa shape index (κ1) is 13.9. The Labute approximate surface area is 114 Å². The second-order valence-electron chi connectivity index (χ2n) is 4.68. The molecule has 0 bridgehead atoms. The molecule has 1 aliphatic heterocycles. The van der Waals surface area contributed by atoms with Gasteiger partial charge in [0.2, 0.25) is 0 Å². The van der Waals surface area contributed by atoms with E-state index in [1.54, 1.807) is 14.2 Å². The summed E-state index contributed by atoms with van der Waals surface area (Å²) in [5, 5.41) is 3.47. The Hall–Kier alpha value is -1.52. The molecule has 1 heterocycles. The first-order valence-corrected chi connectivity index (χ1v) is 6.47. The third-order valence-electron chi connectivity index (χ3n) is 3.11. The number of ether oxygens (including phenoxy) is 3. The minimum atomic E-state index is 0.236. The third-order valence-corrected chi connectivity index (χ3v) is 3.11. The van der Waals surface area contributed by atoms with E-state index in [-0.39, 0.29) is 6.04 Å². The monoisotopic (exact) mass is 263 g/mol. The highest BCUT2D eigenvalue weighted by Crippen LogP contribution is 2.25. The summed E-state index contributed by atoms with van der Waals surface area (Å²) < 4.78 is 16.1. The molecular weight excluding hydrogens is 242 g/mol. The summed E-state index contributed by atoms with van der Waals surface area (Å²) in [5.74, 6) is 1.66. The fourth-order valence-electron chi connectivity index (χ4n) is 2.13. The number of nitrogens with one attached hydrogen (secondary N) is 1. The van der Waals surface area contributed by atoms with E-state index in [9.17, 15) is 0 Å². The van der Waals surface area contributed by atoms with Gasteiger partial charge in [-0.25, -0.2) is 0 Å². The van der Waals surface area contributed by atoms with Crippen molar-refractivity contribution in [1.82, 2.24) is 5.32 Å². The van der Waals surface area contributed by atoms with Crippen LogP contribution >= 0.6 is 0 Å². The maximum absolute atomic E-state index is 5.51. The molecule has 19 heavy (non-hydrogen) atoms. The van der Waals surface area contributed by atoms with E-state index in [1.165, 1.54) is 0 Å². The summed E-state index contributed by atoms with van der Waals surface area (Å²) in [6.07, 6.45) is 4.15. The minimum Gasteiger partial charge on any atom is -0.497 e. The number of hydrogen-bond donors (Lipinski definition) is 1. The lowest BCUT2D eigenvalue weighted by atomic mass is 10.1. The highest BCUT2D eigenvalue weighted by atomic mass is 16.5. The number of rotatable bonds is 4. The van der Waals surface area contributed by atoms with Gasteiger partial charge in [0.25, 0.3) is 0 Å². The average Bonchev–Trinajstić information content (AvgIpc) is 2.45. The van der Waals surface area contributed by atoms with Gasteiger partial charge in [0, 0.05) is 17.6 Å². The number of hydrogen-bond acceptors (Lipinski definition) is 4. The Morgan fingerprint density at radius 1 is 1.26 bits per heavy atom. The lowest BCUT2D eigenvalue weighted by Crippen LogP contribution is -2.46. The molecule has 0 aliphatic carbocycles. The van der Waals surface area contributed by atoms with Gasteiger partial charge >= 0.3 is 0 Å². The number of morpholine rings is 1. The Bertz CT molecular complexity index is 445. The van der Waals surface area contributed by atoms with Gasteiger partial charge < -0.3 is 19.5 Å². The van der Waals surface area contributed by atoms with Gasteiger partial charge in [-0.1, -0.05) is 12.2 Å².